The van der Waals surface area contributed by atoms with E-state index in [4.69, 9.17) is 23.2 Å². The van der Waals surface area contributed by atoms with Crippen molar-refractivity contribution in [3.8, 4) is 0 Å². The smallest absolute Gasteiger partial charge is 0.337 e. The van der Waals surface area contributed by atoms with Gasteiger partial charge in [-0.05, 0) is 55.0 Å². The molecule has 0 bridgehead atoms. The van der Waals surface area contributed by atoms with E-state index in [1.165, 1.54) is 43.5 Å². The van der Waals surface area contributed by atoms with Crippen molar-refractivity contribution < 1.29 is 22.7 Å². The predicted octanol–water partition coefficient (Wildman–Crippen LogP) is 4.92. The summed E-state index contributed by atoms with van der Waals surface area (Å²) in [5.41, 5.74) is 1.30. The summed E-state index contributed by atoms with van der Waals surface area (Å²) in [5.74, 6) is -1.28. The minimum absolute atomic E-state index is 0.0141. The molecule has 1 amide bonds. The van der Waals surface area contributed by atoms with Crippen LogP contribution in [0.25, 0.3) is 0 Å². The first kappa shape index (κ1) is 24.6. The summed E-state index contributed by atoms with van der Waals surface area (Å²) < 4.78 is 32.4. The first-order chi connectivity index (χ1) is 15.6. The van der Waals surface area contributed by atoms with Crippen molar-refractivity contribution in [3.63, 3.8) is 0 Å². The molecule has 0 saturated carbocycles. The van der Waals surface area contributed by atoms with Crippen LogP contribution in [0.1, 0.15) is 15.9 Å². The number of anilines is 2. The van der Waals surface area contributed by atoms with E-state index >= 15 is 0 Å². The van der Waals surface area contributed by atoms with Crippen molar-refractivity contribution in [1.82, 2.24) is 0 Å². The lowest BCUT2D eigenvalue weighted by atomic mass is 10.2. The van der Waals surface area contributed by atoms with Crippen molar-refractivity contribution in [2.75, 3.05) is 23.3 Å². The van der Waals surface area contributed by atoms with Gasteiger partial charge in [0.2, 0.25) is 5.91 Å². The maximum Gasteiger partial charge on any atom is 0.337 e. The first-order valence-corrected chi connectivity index (χ1v) is 11.8. The molecule has 0 atom stereocenters. The molecule has 0 unspecified atom stereocenters. The third-order valence-corrected chi connectivity index (χ3v) is 7.25. The molecule has 0 spiro atoms. The fourth-order valence-corrected chi connectivity index (χ4v) is 4.73. The number of carbonyl (C=O) groups is 2. The van der Waals surface area contributed by atoms with E-state index in [0.29, 0.717) is 5.02 Å². The van der Waals surface area contributed by atoms with Crippen LogP contribution in [0, 0.1) is 6.92 Å². The third-order valence-electron chi connectivity index (χ3n) is 4.72. The molecule has 0 aliphatic carbocycles. The maximum absolute atomic E-state index is 13.4. The van der Waals surface area contributed by atoms with Gasteiger partial charge in [-0.1, -0.05) is 47.5 Å². The Morgan fingerprint density at radius 3 is 2.30 bits per heavy atom. The fraction of sp³-hybridized carbons (Fsp3) is 0.130. The van der Waals surface area contributed by atoms with Gasteiger partial charge in [-0.15, -0.1) is 0 Å². The standard InChI is InChI=1S/C23H20Cl2N2O5S/c1-15-8-10-17(13-20(15)25)27(33(30,31)18-6-4-3-5-7-18)14-22(28)26-21-12-16(23(29)32-2)9-11-19(21)24/h3-13H,14H2,1-2H3,(H,26,28). The van der Waals surface area contributed by atoms with Gasteiger partial charge >= 0.3 is 5.97 Å². The molecule has 33 heavy (non-hydrogen) atoms. The molecule has 0 fully saturated rings. The van der Waals surface area contributed by atoms with Crippen LogP contribution in [0.2, 0.25) is 10.0 Å². The average Bonchev–Trinajstić information content (AvgIpc) is 2.80. The number of methoxy groups -OCH3 is 1. The van der Waals surface area contributed by atoms with Crippen molar-refractivity contribution in [3.05, 3.63) is 87.9 Å². The minimum Gasteiger partial charge on any atom is -0.465 e. The second-order valence-electron chi connectivity index (χ2n) is 6.99. The van der Waals surface area contributed by atoms with E-state index in [2.05, 4.69) is 10.1 Å². The zero-order valence-electron chi connectivity index (χ0n) is 17.7. The molecule has 0 aliphatic rings. The molecule has 3 rings (SSSR count). The quantitative estimate of drug-likeness (QED) is 0.459. The largest absolute Gasteiger partial charge is 0.465 e. The second kappa shape index (κ2) is 10.2. The highest BCUT2D eigenvalue weighted by atomic mass is 35.5. The highest BCUT2D eigenvalue weighted by molar-refractivity contribution is 7.92. The zero-order chi connectivity index (χ0) is 24.2. The highest BCUT2D eigenvalue weighted by Gasteiger charge is 2.28. The number of ether oxygens (including phenoxy) is 1. The highest BCUT2D eigenvalue weighted by Crippen LogP contribution is 2.29. The number of carbonyl (C=O) groups excluding carboxylic acids is 2. The SMILES string of the molecule is COC(=O)c1ccc(Cl)c(NC(=O)CN(c2ccc(C)c(Cl)c2)S(=O)(=O)c2ccccc2)c1. The molecule has 10 heteroatoms. The Kier molecular flexibility index (Phi) is 7.63. The Morgan fingerprint density at radius 1 is 0.970 bits per heavy atom. The van der Waals surface area contributed by atoms with E-state index in [1.54, 1.807) is 37.3 Å². The van der Waals surface area contributed by atoms with Crippen LogP contribution < -0.4 is 9.62 Å². The van der Waals surface area contributed by atoms with Crippen LogP contribution in [-0.2, 0) is 19.6 Å². The summed E-state index contributed by atoms with van der Waals surface area (Å²) in [7, 11) is -2.87. The normalized spacial score (nSPS) is 11.0. The van der Waals surface area contributed by atoms with Gasteiger partial charge in [-0.3, -0.25) is 9.10 Å². The van der Waals surface area contributed by atoms with Gasteiger partial charge < -0.3 is 10.1 Å². The molecule has 0 heterocycles. The van der Waals surface area contributed by atoms with Crippen molar-refractivity contribution >= 4 is 56.5 Å². The number of hydrogen-bond acceptors (Lipinski definition) is 5. The Labute approximate surface area is 201 Å². The number of nitrogens with one attached hydrogen (secondary N) is 1. The maximum atomic E-state index is 13.4. The minimum atomic E-state index is -4.10. The van der Waals surface area contributed by atoms with Crippen LogP contribution in [0.15, 0.2) is 71.6 Å². The summed E-state index contributed by atoms with van der Waals surface area (Å²) in [5, 5.41) is 3.09. The van der Waals surface area contributed by atoms with Crippen LogP contribution in [0.3, 0.4) is 0 Å². The average molecular weight is 507 g/mol. The van der Waals surface area contributed by atoms with Gasteiger partial charge in [0.25, 0.3) is 10.0 Å². The lowest BCUT2D eigenvalue weighted by molar-refractivity contribution is -0.114. The Balaban J connectivity index is 1.96. The van der Waals surface area contributed by atoms with Crippen molar-refractivity contribution in [2.24, 2.45) is 0 Å². The Morgan fingerprint density at radius 2 is 1.67 bits per heavy atom. The second-order valence-corrected chi connectivity index (χ2v) is 9.67. The van der Waals surface area contributed by atoms with E-state index < -0.39 is 28.4 Å². The molecule has 3 aromatic rings. The lowest BCUT2D eigenvalue weighted by Crippen LogP contribution is -2.38. The van der Waals surface area contributed by atoms with Gasteiger partial charge in [0.15, 0.2) is 0 Å². The summed E-state index contributed by atoms with van der Waals surface area (Å²) in [6, 6.07) is 16.7. The zero-order valence-corrected chi connectivity index (χ0v) is 20.0. The summed E-state index contributed by atoms with van der Waals surface area (Å²) in [6.07, 6.45) is 0. The first-order valence-electron chi connectivity index (χ1n) is 9.65. The molecular formula is C23H20Cl2N2O5S. The van der Waals surface area contributed by atoms with Gasteiger partial charge in [-0.25, -0.2) is 13.2 Å². The summed E-state index contributed by atoms with van der Waals surface area (Å²) in [6.45, 7) is 1.22. The number of hydrogen-bond donors (Lipinski definition) is 1. The van der Waals surface area contributed by atoms with E-state index in [-0.39, 0.29) is 26.9 Å². The number of nitrogens with zero attached hydrogens (tertiary/aromatic N) is 1. The molecular weight excluding hydrogens is 487 g/mol. The predicted molar refractivity (Wildman–Crippen MR) is 129 cm³/mol. The van der Waals surface area contributed by atoms with E-state index in [1.807, 2.05) is 0 Å². The van der Waals surface area contributed by atoms with Crippen LogP contribution in [-0.4, -0.2) is 33.9 Å². The molecule has 0 saturated heterocycles. The summed E-state index contributed by atoms with van der Waals surface area (Å²) in [4.78, 5) is 24.7. The van der Waals surface area contributed by atoms with Crippen LogP contribution in [0.5, 0.6) is 0 Å². The van der Waals surface area contributed by atoms with Gasteiger partial charge in [-0.2, -0.15) is 0 Å². The van der Waals surface area contributed by atoms with Crippen molar-refractivity contribution in [1.29, 1.82) is 0 Å². The lowest BCUT2D eigenvalue weighted by Gasteiger charge is -2.24. The summed E-state index contributed by atoms with van der Waals surface area (Å²) >= 11 is 12.4. The van der Waals surface area contributed by atoms with E-state index in [9.17, 15) is 18.0 Å². The molecule has 172 valence electrons. The van der Waals surface area contributed by atoms with Crippen molar-refractivity contribution in [2.45, 2.75) is 11.8 Å². The Bertz CT molecular complexity index is 1300. The third kappa shape index (κ3) is 5.65. The van der Waals surface area contributed by atoms with Gasteiger partial charge in [0, 0.05) is 5.02 Å². The molecule has 7 nitrogen and oxygen atoms in total. The molecule has 0 aliphatic heterocycles. The topological polar surface area (TPSA) is 92.8 Å². The van der Waals surface area contributed by atoms with Gasteiger partial charge in [0.05, 0.1) is 34.0 Å². The molecule has 1 N–H and O–H groups in total. The number of amides is 1. The number of rotatable bonds is 7. The number of benzene rings is 3. The Hall–Kier alpha value is -3.07. The van der Waals surface area contributed by atoms with Crippen LogP contribution in [0.4, 0.5) is 11.4 Å². The number of aryl methyl sites for hydroxylation is 1. The molecule has 3 aromatic carbocycles. The molecule has 0 radical (unpaired) electrons. The fourth-order valence-electron chi connectivity index (χ4n) is 2.96. The number of sulfonamides is 1. The molecule has 0 aromatic heterocycles. The number of halogens is 2. The number of esters is 1. The monoisotopic (exact) mass is 506 g/mol. The van der Waals surface area contributed by atoms with E-state index in [0.717, 1.165) is 9.87 Å². The van der Waals surface area contributed by atoms with Gasteiger partial charge in [0.1, 0.15) is 6.54 Å². The van der Waals surface area contributed by atoms with Crippen LogP contribution >= 0.6 is 23.2 Å².